The molecule has 0 aliphatic rings. The van der Waals surface area contributed by atoms with Crippen LogP contribution in [0.5, 0.6) is 0 Å². The Hall–Kier alpha value is -5.25. The monoisotopic (exact) mass is 550 g/mol. The predicted octanol–water partition coefficient (Wildman–Crippen LogP) is 11.2. The van der Waals surface area contributed by atoms with Crippen molar-refractivity contribution >= 4 is 96.5 Å². The van der Waals surface area contributed by atoms with Gasteiger partial charge in [-0.25, -0.2) is 0 Å². The number of nitrogens with zero attached hydrogens (tertiary/aromatic N) is 2. The van der Waals surface area contributed by atoms with Gasteiger partial charge in [-0.05, 0) is 62.6 Å². The van der Waals surface area contributed by atoms with Crippen molar-refractivity contribution in [2.75, 3.05) is 0 Å². The average Bonchev–Trinajstić information content (AvgIpc) is 3.61. The lowest BCUT2D eigenvalue weighted by molar-refractivity contribution is 1.19. The van der Waals surface area contributed by atoms with Gasteiger partial charge in [0, 0.05) is 43.5 Å². The summed E-state index contributed by atoms with van der Waals surface area (Å²) >= 11 is 1.84. The van der Waals surface area contributed by atoms with Crippen LogP contribution in [0.4, 0.5) is 0 Å². The van der Waals surface area contributed by atoms with E-state index in [0.717, 1.165) is 11.2 Å². The van der Waals surface area contributed by atoms with Crippen LogP contribution in [0.3, 0.4) is 0 Å². The third-order valence-corrected chi connectivity index (χ3v) is 10.2. The highest BCUT2D eigenvalue weighted by Crippen LogP contribution is 2.43. The molecule has 0 fully saturated rings. The maximum atomic E-state index is 5.11. The Labute approximate surface area is 244 Å². The van der Waals surface area contributed by atoms with Crippen LogP contribution in [-0.2, 0) is 0 Å². The zero-order valence-corrected chi connectivity index (χ0v) is 23.3. The zero-order chi connectivity index (χ0) is 27.4. The molecule has 0 saturated heterocycles. The van der Waals surface area contributed by atoms with Crippen molar-refractivity contribution in [3.05, 3.63) is 134 Å². The second-order valence-electron chi connectivity index (χ2n) is 11.1. The molecule has 0 bridgehead atoms. The number of benzene rings is 7. The molecular formula is C39H22N2S. The van der Waals surface area contributed by atoms with Gasteiger partial charge in [-0.2, -0.15) is 0 Å². The van der Waals surface area contributed by atoms with Crippen LogP contribution >= 0.6 is 11.3 Å². The van der Waals surface area contributed by atoms with Crippen molar-refractivity contribution in [2.45, 2.75) is 0 Å². The Kier molecular flexibility index (Phi) is 4.36. The van der Waals surface area contributed by atoms with Gasteiger partial charge in [0.15, 0.2) is 0 Å². The van der Waals surface area contributed by atoms with Crippen LogP contribution < -0.4 is 0 Å². The number of thiophene rings is 1. The molecule has 0 aliphatic heterocycles. The maximum absolute atomic E-state index is 5.11. The van der Waals surface area contributed by atoms with Gasteiger partial charge >= 0.3 is 0 Å². The van der Waals surface area contributed by atoms with E-state index in [9.17, 15) is 0 Å². The quantitative estimate of drug-likeness (QED) is 0.186. The van der Waals surface area contributed by atoms with Crippen LogP contribution in [0.1, 0.15) is 0 Å². The van der Waals surface area contributed by atoms with E-state index in [1.165, 1.54) is 79.7 Å². The molecule has 7 aromatic carbocycles. The second kappa shape index (κ2) is 8.16. The van der Waals surface area contributed by atoms with E-state index in [0.29, 0.717) is 0 Å². The Morgan fingerprint density at radius 1 is 0.452 bits per heavy atom. The summed E-state index contributed by atoms with van der Waals surface area (Å²) in [7, 11) is 0. The van der Waals surface area contributed by atoms with Gasteiger partial charge in [0.05, 0.1) is 21.3 Å². The Balaban J connectivity index is 1.37. The van der Waals surface area contributed by atoms with Crippen LogP contribution in [0, 0.1) is 0 Å². The lowest BCUT2D eigenvalue weighted by atomic mass is 9.94. The van der Waals surface area contributed by atoms with Crippen molar-refractivity contribution < 1.29 is 0 Å². The number of pyridine rings is 1. The molecule has 3 aromatic heterocycles. The first-order valence-electron chi connectivity index (χ1n) is 14.3. The summed E-state index contributed by atoms with van der Waals surface area (Å²) in [4.78, 5) is 5.11. The molecule has 10 rings (SSSR count). The molecule has 0 saturated carbocycles. The summed E-state index contributed by atoms with van der Waals surface area (Å²) in [6, 6.07) is 46.6. The molecule has 0 aliphatic carbocycles. The minimum atomic E-state index is 1.07. The van der Waals surface area contributed by atoms with E-state index >= 15 is 0 Å². The van der Waals surface area contributed by atoms with Gasteiger partial charge in [0.1, 0.15) is 0 Å². The normalized spacial score (nSPS) is 12.3. The number of para-hydroxylation sites is 1. The first kappa shape index (κ1) is 22.4. The van der Waals surface area contributed by atoms with Crippen molar-refractivity contribution in [3.63, 3.8) is 0 Å². The molecule has 0 N–H and O–H groups in total. The topological polar surface area (TPSA) is 17.8 Å². The average molecular weight is 551 g/mol. The van der Waals surface area contributed by atoms with Crippen LogP contribution in [-0.4, -0.2) is 9.55 Å². The molecule has 10 aromatic rings. The minimum absolute atomic E-state index is 1.07. The van der Waals surface area contributed by atoms with Crippen LogP contribution in [0.25, 0.3) is 90.9 Å². The summed E-state index contributed by atoms with van der Waals surface area (Å²) in [5.41, 5.74) is 4.65. The van der Waals surface area contributed by atoms with E-state index in [-0.39, 0.29) is 0 Å². The van der Waals surface area contributed by atoms with E-state index in [4.69, 9.17) is 4.98 Å². The van der Waals surface area contributed by atoms with Gasteiger partial charge in [-0.15, -0.1) is 11.3 Å². The zero-order valence-electron chi connectivity index (χ0n) is 22.5. The summed E-state index contributed by atoms with van der Waals surface area (Å²) < 4.78 is 5.01. The number of hydrogen-bond donors (Lipinski definition) is 0. The summed E-state index contributed by atoms with van der Waals surface area (Å²) in [6.45, 7) is 0. The molecule has 3 heteroatoms. The van der Waals surface area contributed by atoms with E-state index in [1.807, 2.05) is 11.3 Å². The largest absolute Gasteiger partial charge is 0.308 e. The van der Waals surface area contributed by atoms with Gasteiger partial charge < -0.3 is 4.57 Å². The molecule has 3 heterocycles. The fourth-order valence-electron chi connectivity index (χ4n) is 7.19. The molecule has 0 spiro atoms. The minimum Gasteiger partial charge on any atom is -0.308 e. The van der Waals surface area contributed by atoms with Gasteiger partial charge in [-0.1, -0.05) is 97.1 Å². The van der Waals surface area contributed by atoms with Crippen LogP contribution in [0.2, 0.25) is 0 Å². The fraction of sp³-hybridized carbons (Fsp3) is 0. The van der Waals surface area contributed by atoms with Crippen molar-refractivity contribution in [3.8, 4) is 5.69 Å². The number of rotatable bonds is 1. The third-order valence-electron chi connectivity index (χ3n) is 9.00. The smallest absolute Gasteiger partial charge is 0.0902 e. The summed E-state index contributed by atoms with van der Waals surface area (Å²) in [5, 5.41) is 13.9. The Morgan fingerprint density at radius 2 is 1.02 bits per heavy atom. The highest BCUT2D eigenvalue weighted by atomic mass is 32.1. The van der Waals surface area contributed by atoms with Crippen LogP contribution in [0.15, 0.2) is 134 Å². The maximum Gasteiger partial charge on any atom is 0.0902 e. The third kappa shape index (κ3) is 2.85. The van der Waals surface area contributed by atoms with Gasteiger partial charge in [0.2, 0.25) is 0 Å². The molecule has 42 heavy (non-hydrogen) atoms. The lowest BCUT2D eigenvalue weighted by Crippen LogP contribution is -1.95. The van der Waals surface area contributed by atoms with E-state index in [1.54, 1.807) is 0 Å². The van der Waals surface area contributed by atoms with Crippen molar-refractivity contribution in [1.82, 2.24) is 9.55 Å². The highest BCUT2D eigenvalue weighted by Gasteiger charge is 2.19. The fourth-order valence-corrected chi connectivity index (χ4v) is 8.39. The van der Waals surface area contributed by atoms with Crippen molar-refractivity contribution in [1.29, 1.82) is 0 Å². The molecular weight excluding hydrogens is 529 g/mol. The summed E-state index contributed by atoms with van der Waals surface area (Å²) in [5.74, 6) is 0. The summed E-state index contributed by atoms with van der Waals surface area (Å²) in [6.07, 6.45) is 2.09. The molecule has 0 unspecified atom stereocenters. The molecule has 194 valence electrons. The van der Waals surface area contributed by atoms with Gasteiger partial charge in [-0.3, -0.25) is 4.98 Å². The number of aromatic nitrogens is 2. The lowest BCUT2D eigenvalue weighted by Gasteiger charge is -2.14. The first-order chi connectivity index (χ1) is 20.8. The first-order valence-corrected chi connectivity index (χ1v) is 15.1. The predicted molar refractivity (Wildman–Crippen MR) is 181 cm³/mol. The SMILES string of the molecule is c1ccc2c(c1)sc1c2ccc2c1ncc1c3ccccc3n(-c3ccc4c5ccccc5c5ccccc5c4c3)c12. The van der Waals surface area contributed by atoms with E-state index < -0.39 is 0 Å². The number of hydrogen-bond acceptors (Lipinski definition) is 2. The number of fused-ring (bicyclic) bond motifs is 15. The van der Waals surface area contributed by atoms with Crippen molar-refractivity contribution in [2.24, 2.45) is 0 Å². The molecule has 0 amide bonds. The highest BCUT2D eigenvalue weighted by molar-refractivity contribution is 7.26. The molecule has 0 radical (unpaired) electrons. The molecule has 0 atom stereocenters. The van der Waals surface area contributed by atoms with E-state index in [2.05, 4.69) is 138 Å². The Bertz CT molecular complexity index is 2710. The molecule has 2 nitrogen and oxygen atoms in total. The standard InChI is InChI=1S/C39H22N2S/c1-2-11-26-24(9-1)25-10-3-4-12-27(25)33-21-23(17-18-28(26)33)41-35-15-7-5-13-29(35)34-22-40-37-32(38(34)41)20-19-31-30-14-6-8-16-36(30)42-39(31)37/h1-22H. The Morgan fingerprint density at radius 3 is 1.79 bits per heavy atom. The second-order valence-corrected chi connectivity index (χ2v) is 12.2. The van der Waals surface area contributed by atoms with Gasteiger partial charge in [0.25, 0.3) is 0 Å².